The summed E-state index contributed by atoms with van der Waals surface area (Å²) in [5, 5.41) is 15.6. The first-order chi connectivity index (χ1) is 26.3. The van der Waals surface area contributed by atoms with Gasteiger partial charge in [0.25, 0.3) is 0 Å². The third-order valence-corrected chi connectivity index (χ3v) is 12.2. The van der Waals surface area contributed by atoms with Crippen LogP contribution in [0, 0.1) is 16.2 Å². The number of hydrogen-bond donors (Lipinski definition) is 6. The molecule has 0 aliphatic carbocycles. The second-order valence-corrected chi connectivity index (χ2v) is 20.4. The molecule has 0 fully saturated rings. The number of allylic oxidation sites excluding steroid dienone is 1. The Kier molecular flexibility index (Phi) is 26.2. The van der Waals surface area contributed by atoms with Crippen molar-refractivity contribution in [1.82, 2.24) is 10.6 Å². The Labute approximate surface area is 358 Å². The molecule has 0 aliphatic rings. The van der Waals surface area contributed by atoms with E-state index >= 15 is 0 Å². The summed E-state index contributed by atoms with van der Waals surface area (Å²) in [5.41, 5.74) is -3.36. The number of nitrogens with one attached hydrogen (secondary N) is 2. The van der Waals surface area contributed by atoms with Gasteiger partial charge in [0.1, 0.15) is 19.8 Å². The van der Waals surface area contributed by atoms with Crippen LogP contribution in [0.15, 0.2) is 12.3 Å². The molecule has 0 aromatic heterocycles. The maximum absolute atomic E-state index is 14.1. The van der Waals surface area contributed by atoms with Crippen molar-refractivity contribution in [1.29, 1.82) is 0 Å². The smallest absolute Gasteiger partial charge is 0.311 e. The predicted octanol–water partition coefficient (Wildman–Crippen LogP) is 5.72. The molecule has 16 heteroatoms. The SMILES string of the molecule is C=C(O)CCC[N+](C)(C)CCCNC(=O)C(C)(CC)CC(C)(CC(C)(C)C(=O)OCC[N+](C)(C)CCCS(=O)O)C(=O)OCCNC(=O)CCCCC(S)CCS. The molecule has 0 saturated heterocycles. The van der Waals surface area contributed by atoms with Crippen molar-refractivity contribution in [3.05, 3.63) is 12.3 Å². The van der Waals surface area contributed by atoms with E-state index in [-0.39, 0.29) is 61.2 Å². The number of carbonyl (C=O) groups excluding carboxylic acids is 4. The summed E-state index contributed by atoms with van der Waals surface area (Å²) in [5.74, 6) is -0.206. The molecule has 0 radical (unpaired) electrons. The first kappa shape index (κ1) is 55.2. The fourth-order valence-corrected chi connectivity index (χ4v) is 8.29. The lowest BCUT2D eigenvalue weighted by Gasteiger charge is -2.40. The third-order valence-electron chi connectivity index (χ3n) is 10.8. The quantitative estimate of drug-likeness (QED) is 0.0121. The molecule has 0 aliphatic heterocycles. The molecule has 4 atom stereocenters. The van der Waals surface area contributed by atoms with Gasteiger partial charge >= 0.3 is 11.9 Å². The number of hydrogen-bond acceptors (Lipinski definition) is 10. The van der Waals surface area contributed by atoms with Crippen molar-refractivity contribution in [2.45, 2.75) is 117 Å². The number of amides is 2. The van der Waals surface area contributed by atoms with Crippen LogP contribution in [0.5, 0.6) is 0 Å². The van der Waals surface area contributed by atoms with Crippen LogP contribution in [-0.2, 0) is 39.7 Å². The van der Waals surface area contributed by atoms with E-state index < -0.39 is 39.3 Å². The number of nitrogens with zero attached hydrogens (tertiary/aromatic N) is 2. The third kappa shape index (κ3) is 24.7. The highest BCUT2D eigenvalue weighted by Crippen LogP contribution is 2.45. The van der Waals surface area contributed by atoms with Crippen LogP contribution in [0.1, 0.15) is 112 Å². The molecule has 0 aromatic carbocycles. The van der Waals surface area contributed by atoms with Crippen molar-refractivity contribution in [3.63, 3.8) is 0 Å². The van der Waals surface area contributed by atoms with Crippen LogP contribution in [0.4, 0.5) is 0 Å². The van der Waals surface area contributed by atoms with Gasteiger partial charge in [-0.15, -0.1) is 0 Å². The molecular formula is C41H80N4O9S3+2. The molecule has 2 amide bonds. The fraction of sp³-hybridized carbons (Fsp3) is 0.854. The van der Waals surface area contributed by atoms with Crippen molar-refractivity contribution >= 4 is 60.1 Å². The molecular weight excluding hydrogens is 789 g/mol. The van der Waals surface area contributed by atoms with Crippen molar-refractivity contribution in [2.75, 3.05) is 92.2 Å². The van der Waals surface area contributed by atoms with E-state index in [9.17, 15) is 28.5 Å². The van der Waals surface area contributed by atoms with Gasteiger partial charge in [0.2, 0.25) is 11.8 Å². The number of aliphatic hydroxyl groups excluding tert-OH is 1. The monoisotopic (exact) mass is 869 g/mol. The lowest BCUT2D eigenvalue weighted by Crippen LogP contribution is -2.48. The van der Waals surface area contributed by atoms with E-state index in [0.29, 0.717) is 49.8 Å². The highest BCUT2D eigenvalue weighted by Gasteiger charge is 2.49. The number of esters is 2. The first-order valence-corrected chi connectivity index (χ1v) is 23.0. The molecule has 0 heterocycles. The Balaban J connectivity index is 5.76. The largest absolute Gasteiger partial charge is 0.513 e. The van der Waals surface area contributed by atoms with Gasteiger partial charge in [-0.1, -0.05) is 26.8 Å². The number of ether oxygens (including phenoxy) is 2. The molecule has 13 nitrogen and oxygen atoms in total. The summed E-state index contributed by atoms with van der Waals surface area (Å²) in [6, 6.07) is 0. The topological polar surface area (TPSA) is 168 Å². The zero-order chi connectivity index (χ0) is 43.9. The van der Waals surface area contributed by atoms with Crippen LogP contribution in [0.25, 0.3) is 0 Å². The minimum atomic E-state index is -1.86. The van der Waals surface area contributed by atoms with E-state index in [4.69, 9.17) is 14.0 Å². The summed E-state index contributed by atoms with van der Waals surface area (Å²) in [4.78, 5) is 53.9. The molecule has 0 rings (SSSR count). The zero-order valence-corrected chi connectivity index (χ0v) is 39.4. The van der Waals surface area contributed by atoms with Crippen molar-refractivity contribution in [2.24, 2.45) is 16.2 Å². The van der Waals surface area contributed by atoms with Crippen LogP contribution in [0.2, 0.25) is 0 Å². The number of aliphatic hydroxyl groups is 1. The van der Waals surface area contributed by atoms with E-state index in [1.807, 2.05) is 27.9 Å². The van der Waals surface area contributed by atoms with Crippen LogP contribution < -0.4 is 10.6 Å². The first-order valence-electron chi connectivity index (χ1n) is 20.6. The Hall–Kier alpha value is -1.85. The molecule has 4 N–H and O–H groups in total. The molecule has 0 spiro atoms. The number of quaternary nitrogens is 2. The van der Waals surface area contributed by atoms with E-state index in [1.54, 1.807) is 20.8 Å². The number of unbranched alkanes of at least 4 members (excludes halogenated alkanes) is 1. The van der Waals surface area contributed by atoms with Crippen LogP contribution in [0.3, 0.4) is 0 Å². The molecule has 4 unspecified atom stereocenters. The molecule has 0 aromatic rings. The normalized spacial score (nSPS) is 15.4. The van der Waals surface area contributed by atoms with Gasteiger partial charge in [-0.2, -0.15) is 25.3 Å². The highest BCUT2D eigenvalue weighted by molar-refractivity contribution is 7.81. The molecule has 57 heavy (non-hydrogen) atoms. The second kappa shape index (κ2) is 27.1. The fourth-order valence-electron chi connectivity index (χ4n) is 7.09. The summed E-state index contributed by atoms with van der Waals surface area (Å²) < 4.78 is 32.9. The Bertz CT molecular complexity index is 1280. The number of rotatable bonds is 33. The average molecular weight is 869 g/mol. The second-order valence-electron chi connectivity index (χ2n) is 18.2. The Morgan fingerprint density at radius 3 is 1.96 bits per heavy atom. The van der Waals surface area contributed by atoms with Gasteiger partial charge in [-0.3, -0.25) is 19.2 Å². The van der Waals surface area contributed by atoms with E-state index in [2.05, 4.69) is 56.6 Å². The molecule has 0 saturated carbocycles. The lowest BCUT2D eigenvalue weighted by atomic mass is 9.64. The predicted molar refractivity (Wildman–Crippen MR) is 237 cm³/mol. The summed E-state index contributed by atoms with van der Waals surface area (Å²) in [6.45, 7) is 16.0. The minimum Gasteiger partial charge on any atom is -0.513 e. The zero-order valence-electron chi connectivity index (χ0n) is 36.8. The van der Waals surface area contributed by atoms with Gasteiger partial charge in [-0.25, -0.2) is 4.21 Å². The summed E-state index contributed by atoms with van der Waals surface area (Å²) in [6.07, 6.45) is 7.09. The van der Waals surface area contributed by atoms with Gasteiger partial charge in [0.15, 0.2) is 11.1 Å². The van der Waals surface area contributed by atoms with Gasteiger partial charge in [0.05, 0.1) is 76.7 Å². The number of likely N-dealkylation sites (N-methyl/N-ethyl adjacent to an activating group) is 1. The standard InChI is InChI=1S/C41H78N4O9S3/c1-11-40(5,36(48)43-21-15-24-44(7,8)23-14-17-33(2)46)32-41(6,38(50)53-27-22-42-35(47)19-13-12-18-34(56)20-29-55)31-39(3,4)37(49)54-28-26-45(9,10)25-16-30-57(51)52/h34H,2,11-32H2,1,3-10H3,(H4-2,42,43,46,47,48,51,52,55,56)/p+2. The highest BCUT2D eigenvalue weighted by atomic mass is 32.2. The maximum atomic E-state index is 14.1. The van der Waals surface area contributed by atoms with Gasteiger partial charge < -0.3 is 38.7 Å². The average Bonchev–Trinajstić information content (AvgIpc) is 3.09. The lowest BCUT2D eigenvalue weighted by molar-refractivity contribution is -0.890. The summed E-state index contributed by atoms with van der Waals surface area (Å²) >= 11 is 6.92. The van der Waals surface area contributed by atoms with Crippen molar-refractivity contribution in [3.8, 4) is 0 Å². The molecule has 0 bridgehead atoms. The van der Waals surface area contributed by atoms with Crippen molar-refractivity contribution < 1.29 is 51.5 Å². The summed E-state index contributed by atoms with van der Waals surface area (Å²) in [7, 11) is 8.16. The van der Waals surface area contributed by atoms with Gasteiger partial charge in [-0.05, 0) is 65.0 Å². The van der Waals surface area contributed by atoms with Crippen LogP contribution >= 0.6 is 25.3 Å². The van der Waals surface area contributed by atoms with Gasteiger partial charge in [0, 0.05) is 49.3 Å². The minimum absolute atomic E-state index is 0.0543. The Morgan fingerprint density at radius 1 is 0.772 bits per heavy atom. The van der Waals surface area contributed by atoms with E-state index in [1.165, 1.54) is 0 Å². The number of carbonyl (C=O) groups is 4. The number of thiol groups is 2. The van der Waals surface area contributed by atoms with E-state index in [0.717, 1.165) is 61.9 Å². The molecule has 334 valence electrons. The Morgan fingerprint density at radius 2 is 1.37 bits per heavy atom. The maximum Gasteiger partial charge on any atom is 0.311 e. The van der Waals surface area contributed by atoms with Crippen LogP contribution in [-0.4, -0.2) is 144 Å².